The zero-order valence-electron chi connectivity index (χ0n) is 13.3. The van der Waals surface area contributed by atoms with Crippen LogP contribution >= 0.6 is 15.9 Å². The maximum absolute atomic E-state index is 10.1. The molecule has 4 atom stereocenters. The molecule has 9 heteroatoms. The van der Waals surface area contributed by atoms with Crippen LogP contribution in [0.25, 0.3) is 11.2 Å². The van der Waals surface area contributed by atoms with Crippen LogP contribution in [0.3, 0.4) is 0 Å². The van der Waals surface area contributed by atoms with Crippen LogP contribution in [0.2, 0.25) is 0 Å². The molecule has 1 saturated carbocycles. The van der Waals surface area contributed by atoms with Crippen LogP contribution in [0.5, 0.6) is 6.01 Å². The van der Waals surface area contributed by atoms with E-state index in [9.17, 15) is 5.11 Å². The average Bonchev–Trinajstić information content (AvgIpc) is 3.25. The number of alkyl halides is 1. The van der Waals surface area contributed by atoms with Crippen molar-refractivity contribution >= 4 is 32.9 Å². The van der Waals surface area contributed by atoms with Crippen LogP contribution < -0.4 is 10.5 Å². The molecule has 8 nitrogen and oxygen atoms in total. The molecule has 1 aliphatic carbocycles. The van der Waals surface area contributed by atoms with Gasteiger partial charge < -0.3 is 20.3 Å². The van der Waals surface area contributed by atoms with E-state index in [-0.39, 0.29) is 28.9 Å². The molecule has 3 N–H and O–H groups in total. The van der Waals surface area contributed by atoms with Crippen molar-refractivity contribution in [2.45, 2.75) is 62.0 Å². The van der Waals surface area contributed by atoms with Crippen molar-refractivity contribution in [1.82, 2.24) is 19.5 Å². The molecule has 2 aromatic rings. The van der Waals surface area contributed by atoms with Crippen LogP contribution in [0.15, 0.2) is 6.33 Å². The quantitative estimate of drug-likeness (QED) is 0.759. The minimum absolute atomic E-state index is 0.145. The van der Waals surface area contributed by atoms with Gasteiger partial charge in [-0.1, -0.05) is 15.9 Å². The minimum atomic E-state index is -0.610. The Morgan fingerprint density at radius 1 is 1.38 bits per heavy atom. The summed E-state index contributed by atoms with van der Waals surface area (Å²) in [6.07, 6.45) is 4.79. The summed E-state index contributed by atoms with van der Waals surface area (Å²) in [4.78, 5) is 12.7. The average molecular weight is 398 g/mol. The van der Waals surface area contributed by atoms with Crippen LogP contribution in [-0.4, -0.2) is 47.8 Å². The van der Waals surface area contributed by atoms with Gasteiger partial charge in [0.2, 0.25) is 0 Å². The molecule has 0 bridgehead atoms. The number of aromatic nitrogens is 4. The van der Waals surface area contributed by atoms with Crippen molar-refractivity contribution in [2.75, 3.05) is 5.73 Å². The zero-order chi connectivity index (χ0) is 16.8. The third kappa shape index (κ3) is 2.64. The predicted octanol–water partition coefficient (Wildman–Crippen LogP) is 1.77. The Bertz CT molecular complexity index is 748. The summed E-state index contributed by atoms with van der Waals surface area (Å²) in [5, 5.41) is 10.1. The molecule has 24 heavy (non-hydrogen) atoms. The number of anilines is 1. The number of hydrogen-bond acceptors (Lipinski definition) is 7. The van der Waals surface area contributed by atoms with E-state index < -0.39 is 12.3 Å². The Kier molecular flexibility index (Phi) is 4.09. The molecule has 130 valence electrons. The third-order valence-electron chi connectivity index (χ3n) is 4.71. The number of halogens is 1. The van der Waals surface area contributed by atoms with Gasteiger partial charge in [-0.05, 0) is 32.6 Å². The van der Waals surface area contributed by atoms with Crippen molar-refractivity contribution in [2.24, 2.45) is 0 Å². The monoisotopic (exact) mass is 397 g/mol. The van der Waals surface area contributed by atoms with E-state index >= 15 is 0 Å². The number of nitrogen functional groups attached to an aromatic ring is 1. The molecule has 0 aromatic carbocycles. The summed E-state index contributed by atoms with van der Waals surface area (Å²) in [6.45, 7) is 1.83. The van der Waals surface area contributed by atoms with E-state index in [0.717, 1.165) is 25.7 Å². The number of imidazole rings is 1. The van der Waals surface area contributed by atoms with Crippen LogP contribution in [-0.2, 0) is 4.74 Å². The number of aliphatic hydroxyl groups is 1. The van der Waals surface area contributed by atoms with E-state index in [0.29, 0.717) is 11.2 Å². The van der Waals surface area contributed by atoms with Gasteiger partial charge in [0.05, 0.1) is 23.4 Å². The van der Waals surface area contributed by atoms with E-state index in [1.54, 1.807) is 10.9 Å². The standard InChI is InChI=1S/C15H20BrN5O3/c1-7-11(22)9(16)14(23-7)21-6-18-10-12(17)19-15(20-13(10)21)24-8-4-2-3-5-8/h6-9,11,14,22H,2-5H2,1H3,(H2,17,19,20)/t7-,9+,11-,14-/m1/s1. The predicted molar refractivity (Wildman–Crippen MR) is 90.9 cm³/mol. The van der Waals surface area contributed by atoms with Crippen molar-refractivity contribution in [1.29, 1.82) is 0 Å². The summed E-state index contributed by atoms with van der Waals surface area (Å²) in [7, 11) is 0. The lowest BCUT2D eigenvalue weighted by atomic mass is 10.2. The summed E-state index contributed by atoms with van der Waals surface area (Å²) in [5.74, 6) is 0.282. The van der Waals surface area contributed by atoms with Gasteiger partial charge in [0.1, 0.15) is 6.10 Å². The fourth-order valence-corrected chi connectivity index (χ4v) is 4.14. The van der Waals surface area contributed by atoms with E-state index in [1.807, 2.05) is 6.92 Å². The lowest BCUT2D eigenvalue weighted by molar-refractivity contribution is -0.00591. The summed E-state index contributed by atoms with van der Waals surface area (Å²) < 4.78 is 13.5. The minimum Gasteiger partial charge on any atom is -0.460 e. The van der Waals surface area contributed by atoms with Gasteiger partial charge >= 0.3 is 6.01 Å². The third-order valence-corrected chi connectivity index (χ3v) is 5.70. The number of nitrogens with two attached hydrogens (primary N) is 1. The van der Waals surface area contributed by atoms with Crippen LogP contribution in [0.4, 0.5) is 5.82 Å². The summed E-state index contributed by atoms with van der Waals surface area (Å²) in [6, 6.07) is 0.270. The largest absolute Gasteiger partial charge is 0.460 e. The van der Waals surface area contributed by atoms with Crippen LogP contribution in [0, 0.1) is 0 Å². The lowest BCUT2D eigenvalue weighted by Crippen LogP contribution is -2.25. The van der Waals surface area contributed by atoms with Crippen molar-refractivity contribution in [3.8, 4) is 6.01 Å². The van der Waals surface area contributed by atoms with Gasteiger partial charge in [0.25, 0.3) is 0 Å². The number of aliphatic hydroxyl groups excluding tert-OH is 1. The second-order valence-electron chi connectivity index (χ2n) is 6.41. The van der Waals surface area contributed by atoms with Gasteiger partial charge in [0, 0.05) is 0 Å². The van der Waals surface area contributed by atoms with Crippen molar-refractivity contribution in [3.05, 3.63) is 6.33 Å². The fraction of sp³-hybridized carbons (Fsp3) is 0.667. The molecule has 2 aliphatic rings. The highest BCUT2D eigenvalue weighted by Crippen LogP contribution is 2.36. The van der Waals surface area contributed by atoms with Crippen molar-refractivity contribution in [3.63, 3.8) is 0 Å². The Hall–Kier alpha value is -1.45. The highest BCUT2D eigenvalue weighted by Gasteiger charge is 2.41. The molecule has 0 radical (unpaired) electrons. The molecule has 2 aromatic heterocycles. The number of hydrogen-bond donors (Lipinski definition) is 2. The summed E-state index contributed by atoms with van der Waals surface area (Å²) in [5.41, 5.74) is 7.08. The molecule has 0 spiro atoms. The number of fused-ring (bicyclic) bond motifs is 1. The second-order valence-corrected chi connectivity index (χ2v) is 7.46. The number of rotatable bonds is 3. The smallest absolute Gasteiger partial charge is 0.320 e. The van der Waals surface area contributed by atoms with E-state index in [4.69, 9.17) is 15.2 Å². The molecule has 4 rings (SSSR count). The number of nitrogens with zero attached hydrogens (tertiary/aromatic N) is 4. The first-order valence-corrected chi connectivity index (χ1v) is 9.10. The fourth-order valence-electron chi connectivity index (χ4n) is 3.33. The highest BCUT2D eigenvalue weighted by atomic mass is 79.9. The van der Waals surface area contributed by atoms with Crippen LogP contribution in [0.1, 0.15) is 38.8 Å². The Morgan fingerprint density at radius 3 is 2.79 bits per heavy atom. The topological polar surface area (TPSA) is 108 Å². The van der Waals surface area contributed by atoms with Gasteiger partial charge in [-0.2, -0.15) is 9.97 Å². The zero-order valence-corrected chi connectivity index (χ0v) is 14.9. The molecule has 1 saturated heterocycles. The normalized spacial score (nSPS) is 31.1. The maximum atomic E-state index is 10.1. The molecule has 1 aliphatic heterocycles. The van der Waals surface area contributed by atoms with Gasteiger partial charge in [0.15, 0.2) is 23.2 Å². The molecule has 2 fully saturated rings. The SMILES string of the molecule is C[C@H]1O[C@@H](n2cnc3c(N)nc(OC4CCCC4)nc32)[C@@H](Br)[C@@H]1O. The first kappa shape index (κ1) is 16.0. The van der Waals surface area contributed by atoms with Gasteiger partial charge in [-0.25, -0.2) is 4.98 Å². The summed E-state index contributed by atoms with van der Waals surface area (Å²) >= 11 is 3.50. The maximum Gasteiger partial charge on any atom is 0.320 e. The molecular weight excluding hydrogens is 378 g/mol. The highest BCUT2D eigenvalue weighted by molar-refractivity contribution is 9.09. The van der Waals surface area contributed by atoms with E-state index in [1.165, 1.54) is 0 Å². The molecular formula is C15H20BrN5O3. The molecule has 0 amide bonds. The van der Waals surface area contributed by atoms with E-state index in [2.05, 4.69) is 30.9 Å². The van der Waals surface area contributed by atoms with Crippen molar-refractivity contribution < 1.29 is 14.6 Å². The first-order valence-electron chi connectivity index (χ1n) is 8.19. The molecule has 0 unspecified atom stereocenters. The Morgan fingerprint density at radius 2 is 2.12 bits per heavy atom. The van der Waals surface area contributed by atoms with Gasteiger partial charge in [-0.15, -0.1) is 0 Å². The first-order chi connectivity index (χ1) is 11.5. The lowest BCUT2D eigenvalue weighted by Gasteiger charge is -2.17. The Labute approximate surface area is 147 Å². The second kappa shape index (κ2) is 6.12. The van der Waals surface area contributed by atoms with Gasteiger partial charge in [-0.3, -0.25) is 4.57 Å². The molecule has 3 heterocycles. The number of ether oxygens (including phenoxy) is 2. The Balaban J connectivity index is 1.70.